The van der Waals surface area contributed by atoms with Gasteiger partial charge >= 0.3 is 6.18 Å². The number of allylic oxidation sites excluding steroid dienone is 1. The summed E-state index contributed by atoms with van der Waals surface area (Å²) in [6.07, 6.45) is -1.97. The molecule has 0 fully saturated rings. The normalized spacial score (nSPS) is 14.9. The highest BCUT2D eigenvalue weighted by Crippen LogP contribution is 2.22. The van der Waals surface area contributed by atoms with Crippen molar-refractivity contribution < 1.29 is 18.0 Å². The van der Waals surface area contributed by atoms with Gasteiger partial charge < -0.3 is 26.3 Å². The van der Waals surface area contributed by atoms with E-state index in [0.29, 0.717) is 35.5 Å². The number of halogens is 3. The lowest BCUT2D eigenvalue weighted by molar-refractivity contribution is -0.133. The third kappa shape index (κ3) is 7.16. The molecule has 10 heteroatoms. The van der Waals surface area contributed by atoms with Crippen LogP contribution >= 0.6 is 0 Å². The van der Waals surface area contributed by atoms with Gasteiger partial charge in [0.1, 0.15) is 5.84 Å². The molecule has 1 aliphatic rings. The van der Waals surface area contributed by atoms with Crippen LogP contribution in [0, 0.1) is 10.8 Å². The maximum Gasteiger partial charge on any atom is 0.390 e. The van der Waals surface area contributed by atoms with Gasteiger partial charge in [-0.1, -0.05) is 12.1 Å². The van der Waals surface area contributed by atoms with Crippen molar-refractivity contribution in [3.63, 3.8) is 0 Å². The van der Waals surface area contributed by atoms with Gasteiger partial charge in [0.2, 0.25) is 5.91 Å². The first-order valence-corrected chi connectivity index (χ1v) is 9.77. The van der Waals surface area contributed by atoms with E-state index in [2.05, 4.69) is 16.0 Å². The molecule has 1 amide bonds. The number of carbonyl (C=O) groups is 1. The molecule has 0 spiro atoms. The van der Waals surface area contributed by atoms with Crippen molar-refractivity contribution >= 4 is 29.2 Å². The molecule has 0 aromatic heterocycles. The zero-order valence-corrected chi connectivity index (χ0v) is 17.5. The Bertz CT molecular complexity index is 874. The summed E-state index contributed by atoms with van der Waals surface area (Å²) in [5, 5.41) is 24.6. The predicted molar refractivity (Wildman–Crippen MR) is 116 cm³/mol. The number of amidine groups is 1. The fourth-order valence-electron chi connectivity index (χ4n) is 3.14. The van der Waals surface area contributed by atoms with Crippen molar-refractivity contribution in [1.29, 1.82) is 10.8 Å². The van der Waals surface area contributed by atoms with Crippen molar-refractivity contribution in [2.45, 2.75) is 25.9 Å². The largest absolute Gasteiger partial charge is 0.393 e. The van der Waals surface area contributed by atoms with E-state index in [1.54, 1.807) is 42.4 Å². The molecule has 31 heavy (non-hydrogen) atoms. The number of amides is 1. The Kier molecular flexibility index (Phi) is 8.23. The van der Waals surface area contributed by atoms with Crippen molar-refractivity contribution in [2.24, 2.45) is 0 Å². The van der Waals surface area contributed by atoms with Gasteiger partial charge in [0, 0.05) is 68.4 Å². The van der Waals surface area contributed by atoms with Gasteiger partial charge in [-0.15, -0.1) is 0 Å². The van der Waals surface area contributed by atoms with E-state index in [-0.39, 0.29) is 24.8 Å². The summed E-state index contributed by atoms with van der Waals surface area (Å²) in [6, 6.07) is 7.09. The first-order chi connectivity index (χ1) is 14.6. The topological polar surface area (TPSA) is 104 Å². The molecule has 0 saturated carbocycles. The van der Waals surface area contributed by atoms with Crippen molar-refractivity contribution in [3.8, 4) is 0 Å². The number of hydrogen-bond donors (Lipinski definition) is 5. The van der Waals surface area contributed by atoms with Gasteiger partial charge in [-0.3, -0.25) is 10.2 Å². The number of hydrogen-bond acceptors (Lipinski definition) is 5. The summed E-state index contributed by atoms with van der Waals surface area (Å²) in [5.74, 6) is -0.134. The monoisotopic (exact) mass is 436 g/mol. The molecule has 5 N–H and O–H groups in total. The van der Waals surface area contributed by atoms with Crippen molar-refractivity contribution in [3.05, 3.63) is 47.3 Å². The van der Waals surface area contributed by atoms with Gasteiger partial charge in [-0.05, 0) is 17.7 Å². The Balaban J connectivity index is 2.17. The lowest BCUT2D eigenvalue weighted by Crippen LogP contribution is -2.41. The minimum Gasteiger partial charge on any atom is -0.393 e. The zero-order valence-electron chi connectivity index (χ0n) is 17.5. The van der Waals surface area contributed by atoms with Crippen LogP contribution in [0.15, 0.2) is 41.7 Å². The summed E-state index contributed by atoms with van der Waals surface area (Å²) in [4.78, 5) is 13.3. The average Bonchev–Trinajstić information content (AvgIpc) is 2.71. The lowest BCUT2D eigenvalue weighted by atomic mass is 10.0. The van der Waals surface area contributed by atoms with E-state index in [1.165, 1.54) is 13.1 Å². The fourth-order valence-corrected chi connectivity index (χ4v) is 3.14. The summed E-state index contributed by atoms with van der Waals surface area (Å²) < 4.78 is 37.5. The Morgan fingerprint density at radius 3 is 2.48 bits per heavy atom. The third-order valence-electron chi connectivity index (χ3n) is 4.78. The minimum atomic E-state index is -4.27. The van der Waals surface area contributed by atoms with Crippen LogP contribution < -0.4 is 16.0 Å². The van der Waals surface area contributed by atoms with Gasteiger partial charge in [0.05, 0.1) is 13.0 Å². The quantitative estimate of drug-likeness (QED) is 0.319. The van der Waals surface area contributed by atoms with Crippen LogP contribution in [-0.4, -0.2) is 55.7 Å². The molecular formula is C21H27F3N6O. The van der Waals surface area contributed by atoms with Crippen molar-refractivity contribution in [2.75, 3.05) is 32.0 Å². The highest BCUT2D eigenvalue weighted by atomic mass is 19.4. The molecule has 168 valence electrons. The lowest BCUT2D eigenvalue weighted by Gasteiger charge is -2.31. The molecule has 0 bridgehead atoms. The molecule has 0 radical (unpaired) electrons. The van der Waals surface area contributed by atoms with Gasteiger partial charge in [-0.2, -0.15) is 13.2 Å². The maximum absolute atomic E-state index is 12.5. The summed E-state index contributed by atoms with van der Waals surface area (Å²) >= 11 is 0. The molecular weight excluding hydrogens is 409 g/mol. The Labute approximate surface area is 179 Å². The van der Waals surface area contributed by atoms with Crippen LogP contribution in [0.3, 0.4) is 0 Å². The second-order valence-electron chi connectivity index (χ2n) is 7.05. The SMILES string of the molecule is CN/C=C(\C=N)c1ccc(NC(=N)C2=C(NCCC(F)(F)F)CCN(C(C)=O)C2)cc1. The number of rotatable bonds is 8. The smallest absolute Gasteiger partial charge is 0.390 e. The van der Waals surface area contributed by atoms with E-state index < -0.39 is 12.6 Å². The highest BCUT2D eigenvalue weighted by molar-refractivity contribution is 6.09. The van der Waals surface area contributed by atoms with Gasteiger partial charge in [0.15, 0.2) is 0 Å². The van der Waals surface area contributed by atoms with Crippen LogP contribution in [0.2, 0.25) is 0 Å². The first kappa shape index (κ1) is 24.0. The Hall–Kier alpha value is -3.30. The fraction of sp³-hybridized carbons (Fsp3) is 0.381. The molecule has 1 heterocycles. The first-order valence-electron chi connectivity index (χ1n) is 9.77. The molecule has 0 saturated heterocycles. The minimum absolute atomic E-state index is 0.0197. The number of nitrogens with zero attached hydrogens (tertiary/aromatic N) is 1. The number of benzene rings is 1. The Morgan fingerprint density at radius 1 is 1.26 bits per heavy atom. The second kappa shape index (κ2) is 10.6. The van der Waals surface area contributed by atoms with E-state index in [4.69, 9.17) is 10.8 Å². The van der Waals surface area contributed by atoms with Gasteiger partial charge in [0.25, 0.3) is 0 Å². The third-order valence-corrected chi connectivity index (χ3v) is 4.78. The zero-order chi connectivity index (χ0) is 23.0. The van der Waals surface area contributed by atoms with E-state index >= 15 is 0 Å². The van der Waals surface area contributed by atoms with E-state index in [0.717, 1.165) is 5.56 Å². The van der Waals surface area contributed by atoms with Crippen LogP contribution in [0.25, 0.3) is 5.57 Å². The molecule has 7 nitrogen and oxygen atoms in total. The van der Waals surface area contributed by atoms with Crippen LogP contribution in [0.4, 0.5) is 18.9 Å². The molecule has 1 aromatic rings. The summed E-state index contributed by atoms with van der Waals surface area (Å²) in [7, 11) is 1.74. The molecule has 1 aliphatic heterocycles. The van der Waals surface area contributed by atoms with Crippen LogP contribution in [0.5, 0.6) is 0 Å². The standard InChI is InChI=1S/C21H27F3N6O/c1-14(31)30-10-7-19(28-9-8-21(22,23)24)18(13-30)20(26)29-17-5-3-15(4-6-17)16(11-25)12-27-2/h3-6,11-12,25,27-28H,7-10,13H2,1-2H3,(H2,26,29)/b16-12+,25-11?. The molecule has 1 aromatic carbocycles. The van der Waals surface area contributed by atoms with Crippen molar-refractivity contribution in [1.82, 2.24) is 15.5 Å². The van der Waals surface area contributed by atoms with E-state index in [9.17, 15) is 18.0 Å². The predicted octanol–water partition coefficient (Wildman–Crippen LogP) is 3.33. The summed E-state index contributed by atoms with van der Waals surface area (Å²) in [6.45, 7) is 1.68. The summed E-state index contributed by atoms with van der Waals surface area (Å²) in [5.41, 5.74) is 3.12. The number of alkyl halides is 3. The van der Waals surface area contributed by atoms with Crippen LogP contribution in [-0.2, 0) is 4.79 Å². The average molecular weight is 436 g/mol. The Morgan fingerprint density at radius 2 is 1.94 bits per heavy atom. The maximum atomic E-state index is 12.5. The van der Waals surface area contributed by atoms with Gasteiger partial charge in [-0.25, -0.2) is 0 Å². The van der Waals surface area contributed by atoms with Crippen LogP contribution in [0.1, 0.15) is 25.3 Å². The molecule has 2 rings (SSSR count). The second-order valence-corrected chi connectivity index (χ2v) is 7.05. The van der Waals surface area contributed by atoms with E-state index in [1.807, 2.05) is 0 Å². The number of nitrogens with one attached hydrogen (secondary N) is 5. The molecule has 0 atom stereocenters. The number of anilines is 1. The number of carbonyl (C=O) groups excluding carboxylic acids is 1. The highest BCUT2D eigenvalue weighted by Gasteiger charge is 2.28. The molecule has 0 unspecified atom stereocenters. The molecule has 0 aliphatic carbocycles.